The van der Waals surface area contributed by atoms with E-state index in [4.69, 9.17) is 4.74 Å². The summed E-state index contributed by atoms with van der Waals surface area (Å²) in [5.74, 6) is 0. The first-order chi connectivity index (χ1) is 15.6. The molecule has 0 aliphatic carbocycles. The van der Waals surface area contributed by atoms with Gasteiger partial charge in [0, 0.05) is 36.6 Å². The highest BCUT2D eigenvalue weighted by atomic mass is 32.2. The molecule has 0 spiro atoms. The number of benzene rings is 2. The lowest BCUT2D eigenvalue weighted by atomic mass is 10.0. The van der Waals surface area contributed by atoms with Crippen LogP contribution in [0.1, 0.15) is 0 Å². The van der Waals surface area contributed by atoms with Gasteiger partial charge in [0.05, 0.1) is 35.5 Å². The van der Waals surface area contributed by atoms with Crippen LogP contribution >= 0.6 is 0 Å². The Morgan fingerprint density at radius 2 is 1.69 bits per heavy atom. The van der Waals surface area contributed by atoms with Crippen LogP contribution < -0.4 is 5.32 Å². The number of aromatic nitrogens is 2. The molecule has 1 N–H and O–H groups in total. The molecule has 0 saturated carbocycles. The summed E-state index contributed by atoms with van der Waals surface area (Å²) >= 11 is 0. The summed E-state index contributed by atoms with van der Waals surface area (Å²) in [6, 6.07) is 18.8. The fourth-order valence-corrected chi connectivity index (χ4v) is 5.19. The van der Waals surface area contributed by atoms with E-state index in [1.807, 2.05) is 42.5 Å². The van der Waals surface area contributed by atoms with Crippen LogP contribution in [-0.2, 0) is 14.8 Å². The predicted octanol–water partition coefficient (Wildman–Crippen LogP) is 4.06. The van der Waals surface area contributed by atoms with Crippen molar-refractivity contribution in [3.8, 4) is 11.1 Å². The van der Waals surface area contributed by atoms with Crippen LogP contribution in [0.5, 0.6) is 0 Å². The largest absolute Gasteiger partial charge is 0.379 e. The zero-order valence-corrected chi connectivity index (χ0v) is 18.1. The number of rotatable bonds is 5. The second kappa shape index (κ2) is 8.66. The van der Waals surface area contributed by atoms with E-state index in [1.54, 1.807) is 30.7 Å². The topological polar surface area (TPSA) is 84.4 Å². The van der Waals surface area contributed by atoms with Gasteiger partial charge in [0.15, 0.2) is 0 Å². The molecule has 0 atom stereocenters. The monoisotopic (exact) mass is 446 g/mol. The number of nitrogens with one attached hydrogen (secondary N) is 1. The lowest BCUT2D eigenvalue weighted by Crippen LogP contribution is -2.40. The molecule has 0 radical (unpaired) electrons. The van der Waals surface area contributed by atoms with Crippen LogP contribution in [-0.4, -0.2) is 49.0 Å². The van der Waals surface area contributed by atoms with Gasteiger partial charge in [0.2, 0.25) is 10.0 Å². The third-order valence-electron chi connectivity index (χ3n) is 5.48. The molecule has 1 saturated heterocycles. The molecule has 2 aromatic carbocycles. The van der Waals surface area contributed by atoms with Crippen molar-refractivity contribution in [3.63, 3.8) is 0 Å². The number of pyridine rings is 2. The number of hydrogen-bond donors (Lipinski definition) is 1. The maximum absolute atomic E-state index is 12.9. The summed E-state index contributed by atoms with van der Waals surface area (Å²) in [7, 11) is -3.51. The van der Waals surface area contributed by atoms with Gasteiger partial charge < -0.3 is 10.1 Å². The molecule has 7 nitrogen and oxygen atoms in total. The van der Waals surface area contributed by atoms with E-state index in [0.29, 0.717) is 31.2 Å². The molecule has 8 heteroatoms. The van der Waals surface area contributed by atoms with Crippen molar-refractivity contribution in [2.24, 2.45) is 0 Å². The molecular formula is C24H22N4O3S. The Bertz CT molecular complexity index is 1340. The second-order valence-electron chi connectivity index (χ2n) is 7.50. The molecule has 0 amide bonds. The summed E-state index contributed by atoms with van der Waals surface area (Å²) < 4.78 is 32.5. The average Bonchev–Trinajstić information content (AvgIpc) is 2.85. The minimum absolute atomic E-state index is 0.296. The van der Waals surface area contributed by atoms with Gasteiger partial charge in [0.1, 0.15) is 0 Å². The lowest BCUT2D eigenvalue weighted by molar-refractivity contribution is 0.0730. The molecular weight excluding hydrogens is 424 g/mol. The molecule has 4 aromatic rings. The minimum atomic E-state index is -3.51. The standard InChI is InChI=1S/C24H22N4O3S/c29-32(30,28-12-14-31-15-13-28)21-6-3-18(4-7-21)19-5-8-23-22(16-19)24(9-11-26-23)27-20-2-1-10-25-17-20/h1-11,16-17H,12-15H2,(H,26,27). The average molecular weight is 447 g/mol. The van der Waals surface area contributed by atoms with Gasteiger partial charge in [-0.1, -0.05) is 18.2 Å². The van der Waals surface area contributed by atoms with Crippen LogP contribution in [0.4, 0.5) is 11.4 Å². The maximum Gasteiger partial charge on any atom is 0.243 e. The maximum atomic E-state index is 12.9. The van der Waals surface area contributed by atoms with Crippen molar-refractivity contribution in [2.45, 2.75) is 4.90 Å². The minimum Gasteiger partial charge on any atom is -0.379 e. The number of fused-ring (bicyclic) bond motifs is 1. The van der Waals surface area contributed by atoms with Gasteiger partial charge in [-0.05, 0) is 53.6 Å². The van der Waals surface area contributed by atoms with Crippen LogP contribution in [0.3, 0.4) is 0 Å². The lowest BCUT2D eigenvalue weighted by Gasteiger charge is -2.26. The number of ether oxygens (including phenoxy) is 1. The van der Waals surface area contributed by atoms with Gasteiger partial charge in [-0.15, -0.1) is 0 Å². The molecule has 0 unspecified atom stereocenters. The van der Waals surface area contributed by atoms with E-state index < -0.39 is 10.0 Å². The Balaban J connectivity index is 1.46. The SMILES string of the molecule is O=S(=O)(c1ccc(-c2ccc3nccc(Nc4cccnc4)c3c2)cc1)N1CCOCC1. The van der Waals surface area contributed by atoms with Crippen molar-refractivity contribution in [3.05, 3.63) is 79.3 Å². The second-order valence-corrected chi connectivity index (χ2v) is 9.44. The van der Waals surface area contributed by atoms with Crippen molar-refractivity contribution < 1.29 is 13.2 Å². The number of morpholine rings is 1. The molecule has 2 aromatic heterocycles. The Labute approximate surface area is 186 Å². The number of nitrogens with zero attached hydrogens (tertiary/aromatic N) is 3. The number of hydrogen-bond acceptors (Lipinski definition) is 6. The smallest absolute Gasteiger partial charge is 0.243 e. The van der Waals surface area contributed by atoms with Crippen LogP contribution in [0.15, 0.2) is 84.1 Å². The van der Waals surface area contributed by atoms with Gasteiger partial charge in [-0.2, -0.15) is 4.31 Å². The molecule has 162 valence electrons. The van der Waals surface area contributed by atoms with Crippen LogP contribution in [0.2, 0.25) is 0 Å². The number of sulfonamides is 1. The van der Waals surface area contributed by atoms with E-state index in [2.05, 4.69) is 21.4 Å². The van der Waals surface area contributed by atoms with Gasteiger partial charge in [-0.25, -0.2) is 8.42 Å². The van der Waals surface area contributed by atoms with E-state index in [9.17, 15) is 8.42 Å². The van der Waals surface area contributed by atoms with Gasteiger partial charge in [0.25, 0.3) is 0 Å². The van der Waals surface area contributed by atoms with E-state index >= 15 is 0 Å². The highest BCUT2D eigenvalue weighted by molar-refractivity contribution is 7.89. The Hall–Kier alpha value is -3.33. The third-order valence-corrected chi connectivity index (χ3v) is 7.39. The van der Waals surface area contributed by atoms with E-state index in [1.165, 1.54) is 4.31 Å². The summed E-state index contributed by atoms with van der Waals surface area (Å²) in [5.41, 5.74) is 4.60. The van der Waals surface area contributed by atoms with Crippen LogP contribution in [0.25, 0.3) is 22.0 Å². The Morgan fingerprint density at radius 3 is 2.44 bits per heavy atom. The Kier molecular flexibility index (Phi) is 5.57. The fourth-order valence-electron chi connectivity index (χ4n) is 3.78. The normalized spacial score (nSPS) is 15.0. The first-order valence-electron chi connectivity index (χ1n) is 10.4. The van der Waals surface area contributed by atoms with E-state index in [-0.39, 0.29) is 0 Å². The molecule has 3 heterocycles. The summed E-state index contributed by atoms with van der Waals surface area (Å²) in [6.45, 7) is 1.62. The first-order valence-corrected chi connectivity index (χ1v) is 11.8. The van der Waals surface area contributed by atoms with Crippen molar-refractivity contribution in [2.75, 3.05) is 31.6 Å². The molecule has 5 rings (SSSR count). The zero-order valence-electron chi connectivity index (χ0n) is 17.3. The molecule has 32 heavy (non-hydrogen) atoms. The summed E-state index contributed by atoms with van der Waals surface area (Å²) in [4.78, 5) is 8.91. The van der Waals surface area contributed by atoms with Gasteiger partial charge in [-0.3, -0.25) is 9.97 Å². The summed E-state index contributed by atoms with van der Waals surface area (Å²) in [5, 5.41) is 4.36. The molecule has 1 fully saturated rings. The van der Waals surface area contributed by atoms with E-state index in [0.717, 1.165) is 33.4 Å². The van der Waals surface area contributed by atoms with Gasteiger partial charge >= 0.3 is 0 Å². The highest BCUT2D eigenvalue weighted by Crippen LogP contribution is 2.30. The summed E-state index contributed by atoms with van der Waals surface area (Å²) in [6.07, 6.45) is 5.27. The quantitative estimate of drug-likeness (QED) is 0.498. The van der Waals surface area contributed by atoms with Crippen molar-refractivity contribution in [1.82, 2.24) is 14.3 Å². The fraction of sp³-hybridized carbons (Fsp3) is 0.167. The Morgan fingerprint density at radius 1 is 0.906 bits per heavy atom. The number of anilines is 2. The van der Waals surface area contributed by atoms with Crippen molar-refractivity contribution in [1.29, 1.82) is 0 Å². The van der Waals surface area contributed by atoms with Crippen molar-refractivity contribution >= 4 is 32.3 Å². The first kappa shape index (κ1) is 20.6. The highest BCUT2D eigenvalue weighted by Gasteiger charge is 2.26. The molecule has 0 bridgehead atoms. The molecule has 1 aliphatic heterocycles. The zero-order chi connectivity index (χ0) is 22.0. The molecule has 1 aliphatic rings. The third kappa shape index (κ3) is 4.08. The predicted molar refractivity (Wildman–Crippen MR) is 124 cm³/mol. The van der Waals surface area contributed by atoms with Crippen LogP contribution in [0, 0.1) is 0 Å².